The predicted molar refractivity (Wildman–Crippen MR) is 119 cm³/mol. The topological polar surface area (TPSA) is 115 Å². The smallest absolute Gasteiger partial charge is 0.226 e. The monoisotopic (exact) mass is 400 g/mol. The molecule has 0 fully saturated rings. The molecule has 158 valence electrons. The van der Waals surface area contributed by atoms with Crippen LogP contribution in [-0.2, 0) is 6.54 Å². The molecular weight excluding hydrogens is 368 g/mol. The zero-order chi connectivity index (χ0) is 21.1. The molecule has 0 saturated heterocycles. The molecule has 0 spiro atoms. The van der Waals surface area contributed by atoms with E-state index in [1.54, 1.807) is 6.92 Å². The summed E-state index contributed by atoms with van der Waals surface area (Å²) in [7, 11) is 0. The van der Waals surface area contributed by atoms with Crippen molar-refractivity contribution in [2.75, 3.05) is 32.9 Å². The van der Waals surface area contributed by atoms with Crippen molar-refractivity contribution in [2.45, 2.75) is 59.4 Å². The first-order valence-electron chi connectivity index (χ1n) is 10.0. The zero-order valence-electron chi connectivity index (χ0n) is 17.8. The van der Waals surface area contributed by atoms with Gasteiger partial charge in [-0.2, -0.15) is 9.97 Å². The molecule has 2 aromatic rings. The lowest BCUT2D eigenvalue weighted by Gasteiger charge is -2.27. The number of aliphatic hydroxyl groups excluding tert-OH is 1. The van der Waals surface area contributed by atoms with E-state index in [-0.39, 0.29) is 12.1 Å². The number of aliphatic hydroxyl groups is 1. The van der Waals surface area contributed by atoms with Crippen LogP contribution in [0.15, 0.2) is 24.3 Å². The van der Waals surface area contributed by atoms with Crippen molar-refractivity contribution in [1.82, 2.24) is 15.5 Å². The van der Waals surface area contributed by atoms with Gasteiger partial charge in [0, 0.05) is 30.9 Å². The number of nitrogens with two attached hydrogens (primary N) is 1. The summed E-state index contributed by atoms with van der Waals surface area (Å²) in [4.78, 5) is 9.41. The van der Waals surface area contributed by atoms with Gasteiger partial charge in [-0.15, -0.1) is 5.53 Å². The van der Waals surface area contributed by atoms with E-state index in [9.17, 15) is 5.11 Å². The number of hydrogen-bond donors (Lipinski definition) is 5. The Kier molecular flexibility index (Phi) is 6.29. The van der Waals surface area contributed by atoms with Crippen molar-refractivity contribution in [1.29, 1.82) is 0 Å². The second-order valence-electron chi connectivity index (χ2n) is 7.88. The van der Waals surface area contributed by atoms with E-state index in [1.807, 2.05) is 29.3 Å². The number of aromatic nitrogens is 2. The Hall–Kier alpha value is -2.78. The minimum Gasteiger partial charge on any atom is -0.398 e. The van der Waals surface area contributed by atoms with E-state index in [0.717, 1.165) is 22.8 Å². The Labute approximate surface area is 172 Å². The molecular formula is C20H32N8O. The molecule has 1 aliphatic rings. The van der Waals surface area contributed by atoms with Crippen molar-refractivity contribution >= 4 is 29.0 Å². The van der Waals surface area contributed by atoms with Gasteiger partial charge in [0.1, 0.15) is 5.69 Å². The Morgan fingerprint density at radius 2 is 1.72 bits per heavy atom. The van der Waals surface area contributed by atoms with Crippen LogP contribution in [0.1, 0.15) is 40.2 Å². The molecule has 0 amide bonds. The molecule has 9 nitrogen and oxygen atoms in total. The van der Waals surface area contributed by atoms with Crippen LogP contribution in [0.25, 0.3) is 0 Å². The van der Waals surface area contributed by atoms with Crippen LogP contribution in [0.2, 0.25) is 0 Å². The van der Waals surface area contributed by atoms with E-state index >= 15 is 0 Å². The number of nitrogens with one attached hydrogen (secondary N) is 3. The van der Waals surface area contributed by atoms with Gasteiger partial charge in [-0.1, -0.05) is 18.2 Å². The normalized spacial score (nSPS) is 14.5. The van der Waals surface area contributed by atoms with Gasteiger partial charge >= 0.3 is 0 Å². The van der Waals surface area contributed by atoms with E-state index in [2.05, 4.69) is 48.9 Å². The largest absolute Gasteiger partial charge is 0.398 e. The quantitative estimate of drug-likeness (QED) is 0.426. The lowest BCUT2D eigenvalue weighted by atomic mass is 10.2. The summed E-state index contributed by atoms with van der Waals surface area (Å²) in [6, 6.07) is 8.16. The highest BCUT2D eigenvalue weighted by molar-refractivity contribution is 5.83. The SMILES string of the molecule is CC(O)CNc1nc(NCc2ccccc2N)c2c(n1)N(C(C)C)NN2C(C)C. The van der Waals surface area contributed by atoms with Crippen molar-refractivity contribution < 1.29 is 5.11 Å². The number of benzene rings is 1. The van der Waals surface area contributed by atoms with Gasteiger partial charge in [0.05, 0.1) is 6.10 Å². The molecule has 29 heavy (non-hydrogen) atoms. The second kappa shape index (κ2) is 8.71. The van der Waals surface area contributed by atoms with Crippen LogP contribution in [0.3, 0.4) is 0 Å². The highest BCUT2D eigenvalue weighted by Crippen LogP contribution is 2.40. The first kappa shape index (κ1) is 20.9. The van der Waals surface area contributed by atoms with Crippen molar-refractivity contribution in [3.05, 3.63) is 29.8 Å². The molecule has 1 aromatic heterocycles. The van der Waals surface area contributed by atoms with Crippen LogP contribution in [-0.4, -0.2) is 39.8 Å². The molecule has 0 aliphatic carbocycles. The highest BCUT2D eigenvalue weighted by Gasteiger charge is 2.34. The third-order valence-electron chi connectivity index (χ3n) is 4.64. The predicted octanol–water partition coefficient (Wildman–Crippen LogP) is 2.33. The summed E-state index contributed by atoms with van der Waals surface area (Å²) in [5.74, 6) is 1.96. The van der Waals surface area contributed by atoms with Crippen LogP contribution in [0.5, 0.6) is 0 Å². The summed E-state index contributed by atoms with van der Waals surface area (Å²) in [5.41, 5.74) is 12.2. The molecule has 2 heterocycles. The average Bonchev–Trinajstić information content (AvgIpc) is 3.06. The van der Waals surface area contributed by atoms with E-state index in [0.29, 0.717) is 24.9 Å². The molecule has 1 aromatic carbocycles. The van der Waals surface area contributed by atoms with E-state index < -0.39 is 6.10 Å². The number of para-hydroxylation sites is 1. The fraction of sp³-hybridized carbons (Fsp3) is 0.500. The van der Waals surface area contributed by atoms with Crippen LogP contribution in [0, 0.1) is 0 Å². The average molecular weight is 401 g/mol. The van der Waals surface area contributed by atoms with Crippen LogP contribution < -0.4 is 31.9 Å². The number of hydrazine groups is 2. The maximum atomic E-state index is 9.64. The van der Waals surface area contributed by atoms with Gasteiger partial charge < -0.3 is 21.5 Å². The molecule has 0 saturated carbocycles. The maximum absolute atomic E-state index is 9.64. The second-order valence-corrected chi connectivity index (χ2v) is 7.88. The third-order valence-corrected chi connectivity index (χ3v) is 4.64. The molecule has 3 rings (SSSR count). The number of fused-ring (bicyclic) bond motifs is 1. The summed E-state index contributed by atoms with van der Waals surface area (Å²) >= 11 is 0. The van der Waals surface area contributed by atoms with Crippen molar-refractivity contribution in [3.63, 3.8) is 0 Å². The maximum Gasteiger partial charge on any atom is 0.226 e. The molecule has 0 radical (unpaired) electrons. The van der Waals surface area contributed by atoms with Gasteiger partial charge in [-0.25, -0.2) is 0 Å². The fourth-order valence-corrected chi connectivity index (χ4v) is 3.10. The number of anilines is 5. The van der Waals surface area contributed by atoms with Gasteiger partial charge in [0.2, 0.25) is 5.95 Å². The minimum absolute atomic E-state index is 0.189. The molecule has 0 bridgehead atoms. The van der Waals surface area contributed by atoms with Gasteiger partial charge in [-0.3, -0.25) is 10.0 Å². The Bertz CT molecular complexity index is 839. The lowest BCUT2D eigenvalue weighted by Crippen LogP contribution is -2.50. The van der Waals surface area contributed by atoms with Crippen LogP contribution >= 0.6 is 0 Å². The third kappa shape index (κ3) is 4.63. The number of nitrogens with zero attached hydrogens (tertiary/aromatic N) is 4. The molecule has 1 unspecified atom stereocenters. The number of hydrogen-bond acceptors (Lipinski definition) is 9. The first-order chi connectivity index (χ1) is 13.8. The highest BCUT2D eigenvalue weighted by atomic mass is 16.3. The Morgan fingerprint density at radius 3 is 2.34 bits per heavy atom. The van der Waals surface area contributed by atoms with Crippen molar-refractivity contribution in [3.8, 4) is 0 Å². The lowest BCUT2D eigenvalue weighted by molar-refractivity contribution is 0.208. The van der Waals surface area contributed by atoms with Gasteiger partial charge in [0.25, 0.3) is 0 Å². The summed E-state index contributed by atoms with van der Waals surface area (Å²) < 4.78 is 0. The summed E-state index contributed by atoms with van der Waals surface area (Å²) in [5, 5.41) is 20.3. The Balaban J connectivity index is 2.00. The first-order valence-corrected chi connectivity index (χ1v) is 10.0. The fourth-order valence-electron chi connectivity index (χ4n) is 3.10. The van der Waals surface area contributed by atoms with Gasteiger partial charge in [0.15, 0.2) is 11.6 Å². The molecule has 1 atom stereocenters. The summed E-state index contributed by atoms with van der Waals surface area (Å²) in [6.45, 7) is 11.1. The Morgan fingerprint density at radius 1 is 1.03 bits per heavy atom. The van der Waals surface area contributed by atoms with Crippen LogP contribution in [0.4, 0.5) is 29.0 Å². The summed E-state index contributed by atoms with van der Waals surface area (Å²) in [6.07, 6.45) is -0.501. The van der Waals surface area contributed by atoms with Crippen molar-refractivity contribution in [2.24, 2.45) is 0 Å². The minimum atomic E-state index is -0.501. The van der Waals surface area contributed by atoms with E-state index in [1.165, 1.54) is 0 Å². The number of nitrogen functional groups attached to an aromatic ring is 1. The standard InChI is InChI=1S/C20H32N8O/c1-12(2)27-17-18(22-11-15-8-6-7-9-16(15)21)24-20(23-10-14(5)29)25-19(17)28(26-27)13(3)4/h6-9,12-14,26,29H,10-11,21H2,1-5H3,(H2,22,23,24,25). The molecule has 6 N–H and O–H groups in total. The van der Waals surface area contributed by atoms with E-state index in [4.69, 9.17) is 15.7 Å². The molecule has 1 aliphatic heterocycles. The van der Waals surface area contributed by atoms with Gasteiger partial charge in [-0.05, 0) is 46.2 Å². The zero-order valence-corrected chi connectivity index (χ0v) is 17.8. The number of rotatable bonds is 8. The molecule has 9 heteroatoms.